The number of aromatic nitrogens is 2. The molecule has 6 heteroatoms. The molecule has 0 fully saturated rings. The minimum atomic E-state index is 0.723. The molecule has 0 saturated heterocycles. The molecule has 1 aliphatic heterocycles. The minimum Gasteiger partial charge on any atom is -0.496 e. The van der Waals surface area contributed by atoms with Crippen molar-refractivity contribution in [1.82, 2.24) is 9.78 Å². The monoisotopic (exact) mass is 369 g/mol. The first kappa shape index (κ1) is 16.8. The smallest absolute Gasteiger partial charge is 0.133 e. The molecular formula is C20H20ClN3O2. The van der Waals surface area contributed by atoms with Gasteiger partial charge in [0.2, 0.25) is 0 Å². The highest BCUT2D eigenvalue weighted by atomic mass is 35.5. The van der Waals surface area contributed by atoms with Crippen LogP contribution < -0.4 is 14.8 Å². The van der Waals surface area contributed by atoms with Crippen molar-refractivity contribution >= 4 is 17.4 Å². The molecule has 0 radical (unpaired) electrons. The Morgan fingerprint density at radius 3 is 2.46 bits per heavy atom. The van der Waals surface area contributed by atoms with Crippen LogP contribution >= 0.6 is 11.6 Å². The van der Waals surface area contributed by atoms with E-state index in [1.807, 2.05) is 48.0 Å². The highest BCUT2D eigenvalue weighted by Gasteiger charge is 2.28. The number of nitrogens with one attached hydrogen (secondary N) is 1. The largest absolute Gasteiger partial charge is 0.496 e. The molecule has 0 amide bonds. The number of ether oxygens (including phenoxy) is 2. The summed E-state index contributed by atoms with van der Waals surface area (Å²) in [4.78, 5) is 0. The van der Waals surface area contributed by atoms with Crippen LogP contribution in [0.2, 0.25) is 5.02 Å². The van der Waals surface area contributed by atoms with E-state index in [0.717, 1.165) is 63.4 Å². The van der Waals surface area contributed by atoms with Crippen LogP contribution in [-0.2, 0) is 6.42 Å². The normalized spacial score (nSPS) is 12.6. The van der Waals surface area contributed by atoms with Gasteiger partial charge in [0.15, 0.2) is 0 Å². The molecule has 0 aliphatic carbocycles. The molecule has 1 aliphatic rings. The summed E-state index contributed by atoms with van der Waals surface area (Å²) in [5, 5.41) is 9.11. The summed E-state index contributed by atoms with van der Waals surface area (Å²) >= 11 is 6.33. The van der Waals surface area contributed by atoms with Gasteiger partial charge in [0.1, 0.15) is 23.0 Å². The quantitative estimate of drug-likeness (QED) is 0.736. The zero-order valence-electron chi connectivity index (χ0n) is 15.0. The van der Waals surface area contributed by atoms with Crippen LogP contribution in [0.5, 0.6) is 11.5 Å². The van der Waals surface area contributed by atoms with Crippen LogP contribution in [0.15, 0.2) is 36.4 Å². The first-order valence-electron chi connectivity index (χ1n) is 8.48. The zero-order chi connectivity index (χ0) is 18.3. The number of rotatable bonds is 4. The summed E-state index contributed by atoms with van der Waals surface area (Å²) in [6.45, 7) is 2.88. The van der Waals surface area contributed by atoms with E-state index < -0.39 is 0 Å². The molecule has 0 bridgehead atoms. The molecular weight excluding hydrogens is 350 g/mol. The minimum absolute atomic E-state index is 0.723. The van der Waals surface area contributed by atoms with Crippen molar-refractivity contribution in [3.05, 3.63) is 52.5 Å². The standard InChI is InChI=1S/C20H20ClN3O2/c1-12-14(21)6-4-7-15(12)24-20-13(10-11-22-20)19(23-24)18-16(25-2)8-5-9-17(18)26-3/h4-9,22H,10-11H2,1-3H3. The Bertz CT molecular complexity index is 959. The van der Waals surface area contributed by atoms with Crippen LogP contribution in [-0.4, -0.2) is 30.5 Å². The maximum Gasteiger partial charge on any atom is 0.133 e. The number of fused-ring (bicyclic) bond motifs is 1. The Morgan fingerprint density at radius 1 is 1.08 bits per heavy atom. The fraction of sp³-hybridized carbons (Fsp3) is 0.250. The van der Waals surface area contributed by atoms with Crippen molar-refractivity contribution in [2.45, 2.75) is 13.3 Å². The van der Waals surface area contributed by atoms with Crippen LogP contribution in [0, 0.1) is 6.92 Å². The van der Waals surface area contributed by atoms with Gasteiger partial charge in [0, 0.05) is 17.1 Å². The third-order valence-corrected chi connectivity index (χ3v) is 5.19. The van der Waals surface area contributed by atoms with Gasteiger partial charge in [-0.25, -0.2) is 4.68 Å². The lowest BCUT2D eigenvalue weighted by molar-refractivity contribution is 0.397. The molecule has 0 unspecified atom stereocenters. The van der Waals surface area contributed by atoms with Crippen molar-refractivity contribution in [3.8, 4) is 28.4 Å². The summed E-state index contributed by atoms with van der Waals surface area (Å²) in [5.41, 5.74) is 4.86. The van der Waals surface area contributed by atoms with Crippen molar-refractivity contribution < 1.29 is 9.47 Å². The Labute approximate surface area is 157 Å². The summed E-state index contributed by atoms with van der Waals surface area (Å²) in [5.74, 6) is 2.48. The number of hydrogen-bond donors (Lipinski definition) is 1. The van der Waals surface area contributed by atoms with Crippen LogP contribution in [0.4, 0.5) is 5.82 Å². The maximum atomic E-state index is 6.33. The molecule has 0 atom stereocenters. The lowest BCUT2D eigenvalue weighted by Crippen LogP contribution is -2.06. The number of hydrogen-bond acceptors (Lipinski definition) is 4. The maximum absolute atomic E-state index is 6.33. The highest BCUT2D eigenvalue weighted by molar-refractivity contribution is 6.31. The summed E-state index contributed by atoms with van der Waals surface area (Å²) in [7, 11) is 3.32. The molecule has 0 spiro atoms. The van der Waals surface area contributed by atoms with Crippen molar-refractivity contribution in [2.75, 3.05) is 26.1 Å². The highest BCUT2D eigenvalue weighted by Crippen LogP contribution is 2.43. The zero-order valence-corrected chi connectivity index (χ0v) is 15.7. The van der Waals surface area contributed by atoms with Crippen molar-refractivity contribution in [1.29, 1.82) is 0 Å². The van der Waals surface area contributed by atoms with E-state index in [-0.39, 0.29) is 0 Å². The molecule has 4 rings (SSSR count). The number of methoxy groups -OCH3 is 2. The van der Waals surface area contributed by atoms with Crippen LogP contribution in [0.25, 0.3) is 16.9 Å². The van der Waals surface area contributed by atoms with Crippen LogP contribution in [0.1, 0.15) is 11.1 Å². The number of anilines is 1. The third-order valence-electron chi connectivity index (χ3n) is 4.78. The molecule has 1 N–H and O–H groups in total. The van der Waals surface area contributed by atoms with E-state index in [9.17, 15) is 0 Å². The van der Waals surface area contributed by atoms with Gasteiger partial charge in [-0.1, -0.05) is 23.7 Å². The Morgan fingerprint density at radius 2 is 1.77 bits per heavy atom. The Kier molecular flexibility index (Phi) is 4.24. The van der Waals surface area contributed by atoms with Gasteiger partial charge in [-0.3, -0.25) is 0 Å². The lowest BCUT2D eigenvalue weighted by Gasteiger charge is -2.12. The number of benzene rings is 2. The van der Waals surface area contributed by atoms with Gasteiger partial charge in [0.25, 0.3) is 0 Å². The molecule has 2 heterocycles. The molecule has 5 nitrogen and oxygen atoms in total. The van der Waals surface area contributed by atoms with E-state index in [4.69, 9.17) is 26.2 Å². The second-order valence-corrected chi connectivity index (χ2v) is 6.59. The Balaban J connectivity index is 1.98. The van der Waals surface area contributed by atoms with Crippen LogP contribution in [0.3, 0.4) is 0 Å². The molecule has 3 aromatic rings. The molecule has 1 aromatic heterocycles. The predicted molar refractivity (Wildman–Crippen MR) is 104 cm³/mol. The van der Waals surface area contributed by atoms with E-state index in [2.05, 4.69) is 5.32 Å². The first-order valence-corrected chi connectivity index (χ1v) is 8.86. The summed E-state index contributed by atoms with van der Waals surface area (Å²) < 4.78 is 13.1. The second kappa shape index (κ2) is 6.57. The van der Waals surface area contributed by atoms with Gasteiger partial charge in [-0.2, -0.15) is 5.10 Å². The van der Waals surface area contributed by atoms with Gasteiger partial charge in [-0.15, -0.1) is 0 Å². The van der Waals surface area contributed by atoms with E-state index >= 15 is 0 Å². The third kappa shape index (κ3) is 2.51. The van der Waals surface area contributed by atoms with E-state index in [1.54, 1.807) is 14.2 Å². The van der Waals surface area contributed by atoms with Gasteiger partial charge >= 0.3 is 0 Å². The average molecular weight is 370 g/mol. The van der Waals surface area contributed by atoms with Crippen molar-refractivity contribution in [3.63, 3.8) is 0 Å². The predicted octanol–water partition coefficient (Wildman–Crippen LogP) is 4.49. The topological polar surface area (TPSA) is 48.3 Å². The lowest BCUT2D eigenvalue weighted by atomic mass is 10.0. The average Bonchev–Trinajstić information content (AvgIpc) is 3.26. The fourth-order valence-corrected chi connectivity index (χ4v) is 3.63. The summed E-state index contributed by atoms with van der Waals surface area (Å²) in [6, 6.07) is 11.6. The number of halogens is 1. The molecule has 134 valence electrons. The molecule has 2 aromatic carbocycles. The van der Waals surface area contributed by atoms with E-state index in [0.29, 0.717) is 0 Å². The fourth-order valence-electron chi connectivity index (χ4n) is 3.46. The van der Waals surface area contributed by atoms with E-state index in [1.165, 1.54) is 0 Å². The van der Waals surface area contributed by atoms with Gasteiger partial charge in [0.05, 0.1) is 25.5 Å². The second-order valence-electron chi connectivity index (χ2n) is 6.19. The van der Waals surface area contributed by atoms with Crippen molar-refractivity contribution in [2.24, 2.45) is 0 Å². The van der Waals surface area contributed by atoms with Gasteiger partial charge < -0.3 is 14.8 Å². The summed E-state index contributed by atoms with van der Waals surface area (Å²) in [6.07, 6.45) is 0.894. The number of nitrogens with zero attached hydrogens (tertiary/aromatic N) is 2. The first-order chi connectivity index (χ1) is 12.7. The molecule has 0 saturated carbocycles. The Hall–Kier alpha value is -2.66. The van der Waals surface area contributed by atoms with Gasteiger partial charge in [-0.05, 0) is 43.2 Å². The molecule has 26 heavy (non-hydrogen) atoms. The SMILES string of the molecule is COc1cccc(OC)c1-c1nn(-c2cccc(Cl)c2C)c2c1CCN2.